The van der Waals surface area contributed by atoms with Gasteiger partial charge >= 0.3 is 24.2 Å². The zero-order valence-electron chi connectivity index (χ0n) is 24.9. The first-order chi connectivity index (χ1) is 18.8. The molecular formula is C29H45NO10. The van der Waals surface area contributed by atoms with Crippen molar-refractivity contribution in [1.29, 1.82) is 0 Å². The lowest BCUT2D eigenvalue weighted by Gasteiger charge is -2.23. The summed E-state index contributed by atoms with van der Waals surface area (Å²) in [7, 11) is 0. The molecule has 11 heteroatoms. The zero-order valence-corrected chi connectivity index (χ0v) is 24.9. The Morgan fingerprint density at radius 3 is 1.77 bits per heavy atom. The van der Waals surface area contributed by atoms with Crippen molar-refractivity contribution in [3.05, 3.63) is 23.8 Å². The van der Waals surface area contributed by atoms with Crippen LogP contribution in [0.3, 0.4) is 0 Å². The summed E-state index contributed by atoms with van der Waals surface area (Å²) < 4.78 is 31.6. The fraction of sp³-hybridized carbons (Fsp3) is 0.655. The molecule has 0 bridgehead atoms. The zero-order chi connectivity index (χ0) is 30.4. The summed E-state index contributed by atoms with van der Waals surface area (Å²) in [6.07, 6.45) is -1.78. The topological polar surface area (TPSA) is 150 Å². The third-order valence-electron chi connectivity index (χ3n) is 6.39. The van der Waals surface area contributed by atoms with E-state index in [1.165, 1.54) is 12.1 Å². The van der Waals surface area contributed by atoms with Crippen molar-refractivity contribution in [3.63, 3.8) is 0 Å². The lowest BCUT2D eigenvalue weighted by Crippen LogP contribution is -2.39. The van der Waals surface area contributed by atoms with Crippen LogP contribution < -0.4 is 15.2 Å². The quantitative estimate of drug-likeness (QED) is 0.163. The smallest absolute Gasteiger partial charge is 0.459 e. The molecule has 226 valence electrons. The maximum Gasteiger partial charge on any atom is 0.514 e. The van der Waals surface area contributed by atoms with Crippen molar-refractivity contribution in [3.8, 4) is 11.5 Å². The Kier molecular flexibility index (Phi) is 15.1. The van der Waals surface area contributed by atoms with E-state index in [0.29, 0.717) is 18.4 Å². The molecule has 1 aromatic rings. The molecule has 11 nitrogen and oxygen atoms in total. The van der Waals surface area contributed by atoms with Crippen molar-refractivity contribution >= 4 is 24.2 Å². The first kappa shape index (κ1) is 34.7. The number of ether oxygens (including phenoxy) is 6. The van der Waals surface area contributed by atoms with Crippen molar-refractivity contribution < 1.29 is 47.6 Å². The molecular weight excluding hydrogens is 522 g/mol. The first-order valence-electron chi connectivity index (χ1n) is 13.8. The maximum absolute atomic E-state index is 12.7. The van der Waals surface area contributed by atoms with E-state index in [0.717, 1.165) is 6.42 Å². The Balaban J connectivity index is 2.93. The number of nitrogens with two attached hydrogens (primary N) is 1. The molecule has 0 saturated heterocycles. The van der Waals surface area contributed by atoms with E-state index in [4.69, 9.17) is 34.2 Å². The van der Waals surface area contributed by atoms with Gasteiger partial charge in [-0.2, -0.15) is 0 Å². The third-order valence-corrected chi connectivity index (χ3v) is 6.39. The first-order valence-corrected chi connectivity index (χ1v) is 13.8. The predicted octanol–water partition coefficient (Wildman–Crippen LogP) is 5.48. The van der Waals surface area contributed by atoms with Crippen molar-refractivity contribution in [2.24, 2.45) is 11.7 Å². The molecule has 0 radical (unpaired) electrons. The van der Waals surface area contributed by atoms with E-state index in [9.17, 15) is 19.2 Å². The molecule has 0 aliphatic rings. The number of hydrogen-bond acceptors (Lipinski definition) is 11. The molecule has 0 aliphatic carbocycles. The number of carbonyl (C=O) groups excluding carboxylic acids is 4. The fourth-order valence-electron chi connectivity index (χ4n) is 3.05. The second-order valence-corrected chi connectivity index (χ2v) is 10.0. The SMILES string of the molecule is CCC(C)CC(=O)O[C@@H](C)[C@H](C)OC(=O)[C@@H](N)Cc1ccc(OC(=O)OC(C)CC)c(OC(=O)OC(C)CC)c1. The maximum atomic E-state index is 12.7. The largest absolute Gasteiger partial charge is 0.514 e. The summed E-state index contributed by atoms with van der Waals surface area (Å²) in [6, 6.07) is 3.31. The summed E-state index contributed by atoms with van der Waals surface area (Å²) in [4.78, 5) is 49.1. The normalized spacial score (nSPS) is 15.4. The summed E-state index contributed by atoms with van der Waals surface area (Å²) in [5.74, 6) is -1.05. The summed E-state index contributed by atoms with van der Waals surface area (Å²) in [5, 5.41) is 0. The minimum Gasteiger partial charge on any atom is -0.459 e. The minimum absolute atomic E-state index is 0.0160. The Morgan fingerprint density at radius 1 is 0.725 bits per heavy atom. The summed E-state index contributed by atoms with van der Waals surface area (Å²) in [5.41, 5.74) is 6.59. The molecule has 3 unspecified atom stereocenters. The van der Waals surface area contributed by atoms with E-state index in [1.807, 2.05) is 27.7 Å². The minimum atomic E-state index is -1.08. The van der Waals surface area contributed by atoms with E-state index < -0.39 is 42.6 Å². The van der Waals surface area contributed by atoms with Crippen LogP contribution in [0.25, 0.3) is 0 Å². The van der Waals surface area contributed by atoms with Gasteiger partial charge in [0.05, 0.1) is 0 Å². The van der Waals surface area contributed by atoms with Gasteiger partial charge in [-0.25, -0.2) is 9.59 Å². The Morgan fingerprint density at radius 2 is 1.25 bits per heavy atom. The van der Waals surface area contributed by atoms with Gasteiger partial charge in [-0.1, -0.05) is 40.2 Å². The van der Waals surface area contributed by atoms with Crippen LogP contribution in [0.4, 0.5) is 9.59 Å². The molecule has 0 amide bonds. The van der Waals surface area contributed by atoms with Crippen LogP contribution in [0.1, 0.15) is 86.6 Å². The van der Waals surface area contributed by atoms with Crippen LogP contribution in [-0.4, -0.2) is 54.7 Å². The highest BCUT2D eigenvalue weighted by atomic mass is 16.7. The lowest BCUT2D eigenvalue weighted by atomic mass is 10.1. The van der Waals surface area contributed by atoms with Gasteiger partial charge in [0.15, 0.2) is 11.5 Å². The van der Waals surface area contributed by atoms with E-state index in [1.54, 1.807) is 33.8 Å². The van der Waals surface area contributed by atoms with Gasteiger partial charge < -0.3 is 34.2 Å². The molecule has 0 heterocycles. The van der Waals surface area contributed by atoms with E-state index >= 15 is 0 Å². The standard InChI is InChI=1S/C29H45NO10/c1-9-17(4)14-26(31)37-20(7)21(8)38-27(32)23(30)15-22-12-13-24(39-28(33)35-18(5)10-2)25(16-22)40-29(34)36-19(6)11-3/h12-13,16-21,23H,9-11,14-15,30H2,1-8H3/t17?,18?,19?,20-,21-,23-/m0/s1. The summed E-state index contributed by atoms with van der Waals surface area (Å²) in [6.45, 7) is 14.3. The molecule has 0 saturated carbocycles. The van der Waals surface area contributed by atoms with Gasteiger partial charge in [0.2, 0.25) is 0 Å². The van der Waals surface area contributed by atoms with E-state index in [2.05, 4.69) is 0 Å². The highest BCUT2D eigenvalue weighted by Gasteiger charge is 2.26. The van der Waals surface area contributed by atoms with Crippen molar-refractivity contribution in [2.45, 2.75) is 118 Å². The number of esters is 2. The number of rotatable bonds is 15. The van der Waals surface area contributed by atoms with Crippen LogP contribution in [0, 0.1) is 5.92 Å². The van der Waals surface area contributed by atoms with E-state index in [-0.39, 0.29) is 42.3 Å². The van der Waals surface area contributed by atoms with Gasteiger partial charge in [-0.3, -0.25) is 9.59 Å². The van der Waals surface area contributed by atoms with Crippen LogP contribution in [0.5, 0.6) is 11.5 Å². The highest BCUT2D eigenvalue weighted by Crippen LogP contribution is 2.30. The van der Waals surface area contributed by atoms with Crippen LogP contribution in [-0.2, 0) is 35.0 Å². The molecule has 0 spiro atoms. The van der Waals surface area contributed by atoms with Gasteiger partial charge in [-0.05, 0) is 70.6 Å². The second-order valence-electron chi connectivity index (χ2n) is 10.0. The monoisotopic (exact) mass is 567 g/mol. The Labute approximate surface area is 236 Å². The highest BCUT2D eigenvalue weighted by molar-refractivity contribution is 5.76. The molecule has 0 aliphatic heterocycles. The molecule has 1 rings (SSSR count). The van der Waals surface area contributed by atoms with Gasteiger partial charge in [0.1, 0.15) is 30.5 Å². The van der Waals surface area contributed by atoms with Crippen molar-refractivity contribution in [1.82, 2.24) is 0 Å². The average Bonchev–Trinajstić information content (AvgIpc) is 2.89. The van der Waals surface area contributed by atoms with Gasteiger partial charge in [0, 0.05) is 6.42 Å². The van der Waals surface area contributed by atoms with Crippen LogP contribution in [0.2, 0.25) is 0 Å². The van der Waals surface area contributed by atoms with Gasteiger partial charge in [0.25, 0.3) is 0 Å². The molecule has 0 aromatic heterocycles. The Hall–Kier alpha value is -3.34. The number of hydrogen-bond donors (Lipinski definition) is 1. The molecule has 1 aromatic carbocycles. The molecule has 2 N–H and O–H groups in total. The van der Waals surface area contributed by atoms with Gasteiger partial charge in [-0.15, -0.1) is 0 Å². The van der Waals surface area contributed by atoms with Crippen LogP contribution in [0.15, 0.2) is 18.2 Å². The number of carbonyl (C=O) groups is 4. The third kappa shape index (κ3) is 12.7. The van der Waals surface area contributed by atoms with Crippen LogP contribution >= 0.6 is 0 Å². The average molecular weight is 568 g/mol. The number of benzene rings is 1. The second kappa shape index (κ2) is 17.4. The molecule has 6 atom stereocenters. The summed E-state index contributed by atoms with van der Waals surface area (Å²) >= 11 is 0. The molecule has 40 heavy (non-hydrogen) atoms. The lowest BCUT2D eigenvalue weighted by molar-refractivity contribution is -0.166. The van der Waals surface area contributed by atoms with Crippen molar-refractivity contribution in [2.75, 3.05) is 0 Å². The fourth-order valence-corrected chi connectivity index (χ4v) is 3.05. The predicted molar refractivity (Wildman–Crippen MR) is 147 cm³/mol. The molecule has 0 fully saturated rings. The Bertz CT molecular complexity index is 982.